The Labute approximate surface area is 108 Å². The fraction of sp³-hybridized carbons (Fsp3) is 0.111. The molecular formula is C9H8ClN3O2S2. The molecule has 2 heterocycles. The third-order valence-electron chi connectivity index (χ3n) is 1.94. The average molecular weight is 290 g/mol. The van der Waals surface area contributed by atoms with Crippen LogP contribution < -0.4 is 4.72 Å². The van der Waals surface area contributed by atoms with Gasteiger partial charge in [0.15, 0.2) is 0 Å². The van der Waals surface area contributed by atoms with Crippen molar-refractivity contribution in [1.29, 1.82) is 0 Å². The number of nitrogens with zero attached hydrogens (tertiary/aromatic N) is 2. The van der Waals surface area contributed by atoms with Gasteiger partial charge in [0, 0.05) is 11.6 Å². The van der Waals surface area contributed by atoms with Crippen LogP contribution in [0.4, 0.5) is 0 Å². The van der Waals surface area contributed by atoms with E-state index in [1.165, 1.54) is 29.7 Å². The molecule has 1 N–H and O–H groups in total. The van der Waals surface area contributed by atoms with Gasteiger partial charge in [0.2, 0.25) is 10.0 Å². The first kappa shape index (κ1) is 12.4. The number of hydrogen-bond acceptors (Lipinski definition) is 5. The van der Waals surface area contributed by atoms with Crippen LogP contribution in [0.15, 0.2) is 34.1 Å². The number of pyridine rings is 1. The molecule has 2 aromatic heterocycles. The smallest absolute Gasteiger partial charge is 0.243 e. The maximum atomic E-state index is 11.9. The largest absolute Gasteiger partial charge is 0.248 e. The molecule has 0 amide bonds. The van der Waals surface area contributed by atoms with E-state index >= 15 is 0 Å². The molecule has 2 aromatic rings. The van der Waals surface area contributed by atoms with Crippen molar-refractivity contribution >= 4 is 33.0 Å². The molecule has 5 nitrogen and oxygen atoms in total. The third-order valence-corrected chi connectivity index (χ3v) is 4.42. The molecule has 2 rings (SSSR count). The van der Waals surface area contributed by atoms with E-state index in [-0.39, 0.29) is 16.6 Å². The first-order valence-electron chi connectivity index (χ1n) is 4.57. The SMILES string of the molecule is O=S(=O)(NCc1cscn1)c1cccnc1Cl. The summed E-state index contributed by atoms with van der Waals surface area (Å²) in [4.78, 5) is 7.67. The lowest BCUT2D eigenvalue weighted by Crippen LogP contribution is -2.23. The minimum absolute atomic E-state index is 0.0307. The lowest BCUT2D eigenvalue weighted by atomic mass is 10.5. The van der Waals surface area contributed by atoms with Crippen LogP contribution in [0.2, 0.25) is 5.15 Å². The zero-order valence-electron chi connectivity index (χ0n) is 8.50. The van der Waals surface area contributed by atoms with E-state index in [4.69, 9.17) is 11.6 Å². The van der Waals surface area contributed by atoms with Crippen LogP contribution in [0.3, 0.4) is 0 Å². The van der Waals surface area contributed by atoms with Crippen molar-refractivity contribution in [2.45, 2.75) is 11.4 Å². The minimum Gasteiger partial charge on any atom is -0.248 e. The van der Waals surface area contributed by atoms with E-state index in [9.17, 15) is 8.42 Å². The van der Waals surface area contributed by atoms with E-state index < -0.39 is 10.0 Å². The fourth-order valence-corrected chi connectivity index (χ4v) is 3.15. The van der Waals surface area contributed by atoms with E-state index in [1.54, 1.807) is 10.9 Å². The van der Waals surface area contributed by atoms with Gasteiger partial charge in [-0.25, -0.2) is 23.1 Å². The van der Waals surface area contributed by atoms with Crippen molar-refractivity contribution in [1.82, 2.24) is 14.7 Å². The van der Waals surface area contributed by atoms with Gasteiger partial charge in [0.25, 0.3) is 0 Å². The zero-order chi connectivity index (χ0) is 12.3. The Morgan fingerprint density at radius 2 is 2.24 bits per heavy atom. The van der Waals surface area contributed by atoms with Crippen LogP contribution in [-0.4, -0.2) is 18.4 Å². The molecule has 0 aliphatic carbocycles. The van der Waals surface area contributed by atoms with Gasteiger partial charge in [-0.2, -0.15) is 0 Å². The monoisotopic (exact) mass is 289 g/mol. The van der Waals surface area contributed by atoms with Gasteiger partial charge in [-0.05, 0) is 12.1 Å². The van der Waals surface area contributed by atoms with Crippen molar-refractivity contribution in [3.05, 3.63) is 40.1 Å². The summed E-state index contributed by atoms with van der Waals surface area (Å²) in [6.07, 6.45) is 1.43. The van der Waals surface area contributed by atoms with Crippen LogP contribution in [0.1, 0.15) is 5.69 Å². The van der Waals surface area contributed by atoms with Gasteiger partial charge in [0.05, 0.1) is 17.7 Å². The van der Waals surface area contributed by atoms with E-state index in [0.29, 0.717) is 5.69 Å². The van der Waals surface area contributed by atoms with Crippen molar-refractivity contribution in [2.24, 2.45) is 0 Å². The standard InChI is InChI=1S/C9H8ClN3O2S2/c10-9-8(2-1-3-11-9)17(14,15)13-4-7-5-16-6-12-7/h1-3,5-6,13H,4H2. The van der Waals surface area contributed by atoms with Crippen LogP contribution >= 0.6 is 22.9 Å². The normalized spacial score (nSPS) is 11.6. The fourth-order valence-electron chi connectivity index (χ4n) is 1.14. The highest BCUT2D eigenvalue weighted by Crippen LogP contribution is 2.17. The molecule has 0 spiro atoms. The molecule has 0 radical (unpaired) electrons. The summed E-state index contributed by atoms with van der Waals surface area (Å²) in [5.41, 5.74) is 2.30. The minimum atomic E-state index is -3.65. The van der Waals surface area contributed by atoms with E-state index in [2.05, 4.69) is 14.7 Å². The molecule has 0 aliphatic rings. The molecule has 0 saturated heterocycles. The molecule has 0 aromatic carbocycles. The lowest BCUT2D eigenvalue weighted by molar-refractivity contribution is 0.580. The number of halogens is 1. The highest BCUT2D eigenvalue weighted by Gasteiger charge is 2.18. The van der Waals surface area contributed by atoms with Gasteiger partial charge >= 0.3 is 0 Å². The van der Waals surface area contributed by atoms with E-state index in [1.807, 2.05) is 0 Å². The van der Waals surface area contributed by atoms with Crippen LogP contribution in [0.5, 0.6) is 0 Å². The van der Waals surface area contributed by atoms with Crippen LogP contribution in [-0.2, 0) is 16.6 Å². The molecule has 90 valence electrons. The van der Waals surface area contributed by atoms with Gasteiger partial charge in [-0.15, -0.1) is 11.3 Å². The van der Waals surface area contributed by atoms with Crippen molar-refractivity contribution < 1.29 is 8.42 Å². The molecule has 0 saturated carbocycles. The number of rotatable bonds is 4. The van der Waals surface area contributed by atoms with Gasteiger partial charge in [0.1, 0.15) is 10.0 Å². The summed E-state index contributed by atoms with van der Waals surface area (Å²) < 4.78 is 26.2. The van der Waals surface area contributed by atoms with Crippen molar-refractivity contribution in [3.63, 3.8) is 0 Å². The summed E-state index contributed by atoms with van der Waals surface area (Å²) in [7, 11) is -3.65. The molecule has 8 heteroatoms. The average Bonchev–Trinajstić information content (AvgIpc) is 2.80. The second kappa shape index (κ2) is 5.09. The molecular weight excluding hydrogens is 282 g/mol. The van der Waals surface area contributed by atoms with Crippen LogP contribution in [0.25, 0.3) is 0 Å². The maximum Gasteiger partial charge on any atom is 0.243 e. The number of thiazole rings is 1. The summed E-state index contributed by atoms with van der Waals surface area (Å²) >= 11 is 7.13. The summed E-state index contributed by atoms with van der Waals surface area (Å²) in [6.45, 7) is 0.136. The topological polar surface area (TPSA) is 72.0 Å². The summed E-state index contributed by atoms with van der Waals surface area (Å²) in [5, 5.41) is 1.73. The molecule has 0 fully saturated rings. The Balaban J connectivity index is 2.17. The predicted octanol–water partition coefficient (Wildman–Crippen LogP) is 1.67. The molecule has 0 unspecified atom stereocenters. The quantitative estimate of drug-likeness (QED) is 0.869. The first-order valence-corrected chi connectivity index (χ1v) is 7.37. The summed E-state index contributed by atoms with van der Waals surface area (Å²) in [6, 6.07) is 2.92. The van der Waals surface area contributed by atoms with Gasteiger partial charge in [-0.1, -0.05) is 11.6 Å². The van der Waals surface area contributed by atoms with Crippen molar-refractivity contribution in [2.75, 3.05) is 0 Å². The highest BCUT2D eigenvalue weighted by atomic mass is 35.5. The van der Waals surface area contributed by atoms with E-state index in [0.717, 1.165) is 0 Å². The third kappa shape index (κ3) is 3.01. The Hall–Kier alpha value is -1.02. The first-order chi connectivity index (χ1) is 8.09. The predicted molar refractivity (Wildman–Crippen MR) is 65.4 cm³/mol. The molecule has 17 heavy (non-hydrogen) atoms. The molecule has 0 atom stereocenters. The number of hydrogen-bond donors (Lipinski definition) is 1. The van der Waals surface area contributed by atoms with Gasteiger partial charge < -0.3 is 0 Å². The van der Waals surface area contributed by atoms with Gasteiger partial charge in [-0.3, -0.25) is 0 Å². The Kier molecular flexibility index (Phi) is 3.72. The molecule has 0 bridgehead atoms. The molecule has 0 aliphatic heterocycles. The van der Waals surface area contributed by atoms with Crippen molar-refractivity contribution in [3.8, 4) is 0 Å². The number of aromatic nitrogens is 2. The second-order valence-corrected chi connectivity index (χ2v) is 5.91. The second-order valence-electron chi connectivity index (χ2n) is 3.10. The number of nitrogens with one attached hydrogen (secondary N) is 1. The number of sulfonamides is 1. The maximum absolute atomic E-state index is 11.9. The van der Waals surface area contributed by atoms with Crippen LogP contribution in [0, 0.1) is 0 Å². The summed E-state index contributed by atoms with van der Waals surface area (Å²) in [5.74, 6) is 0. The zero-order valence-corrected chi connectivity index (χ0v) is 10.9. The lowest BCUT2D eigenvalue weighted by Gasteiger charge is -2.05. The highest BCUT2D eigenvalue weighted by molar-refractivity contribution is 7.89. The Morgan fingerprint density at radius 1 is 1.41 bits per heavy atom. The Morgan fingerprint density at radius 3 is 2.88 bits per heavy atom. The Bertz CT molecular complexity index is 598.